The molecule has 2 unspecified atom stereocenters. The molecule has 4 nitrogen and oxygen atoms in total. The van der Waals surface area contributed by atoms with Gasteiger partial charge in [0, 0.05) is 18.6 Å². The first kappa shape index (κ1) is 19.9. The molecular formula is C15H33NO3S. The van der Waals surface area contributed by atoms with Gasteiger partial charge < -0.3 is 9.45 Å². The molecule has 5 heteroatoms. The summed E-state index contributed by atoms with van der Waals surface area (Å²) in [6.45, 7) is 8.99. The van der Waals surface area contributed by atoms with E-state index in [0.29, 0.717) is 6.26 Å². The number of unbranched alkanes of at least 4 members (excludes halogenated alkanes) is 4. The maximum atomic E-state index is 9.08. The van der Waals surface area contributed by atoms with E-state index in [4.69, 9.17) is 13.0 Å². The Bertz CT molecular complexity index is 309. The fraction of sp³-hybridized carbons (Fsp3) is 1.00. The summed E-state index contributed by atoms with van der Waals surface area (Å²) < 4.78 is 27.2. The number of hydrogen-bond acceptors (Lipinski definition) is 3. The van der Waals surface area contributed by atoms with Crippen LogP contribution in [-0.2, 0) is 10.1 Å². The van der Waals surface area contributed by atoms with Gasteiger partial charge in [-0.15, -0.1) is 0 Å². The molecule has 0 aromatic carbocycles. The van der Waals surface area contributed by atoms with Crippen molar-refractivity contribution in [2.24, 2.45) is 5.92 Å². The Labute approximate surface area is 125 Å². The molecule has 0 aliphatic carbocycles. The van der Waals surface area contributed by atoms with Crippen molar-refractivity contribution in [3.05, 3.63) is 0 Å². The van der Waals surface area contributed by atoms with Crippen LogP contribution in [0, 0.1) is 5.92 Å². The van der Waals surface area contributed by atoms with Gasteiger partial charge in [0.1, 0.15) is 0 Å². The Kier molecular flexibility index (Phi) is 11.4. The van der Waals surface area contributed by atoms with Crippen LogP contribution in [0.1, 0.15) is 65.2 Å². The Hall–Kier alpha value is -0.130. The summed E-state index contributed by atoms with van der Waals surface area (Å²) in [5, 5.41) is 0. The minimum atomic E-state index is -3.92. The SMILES string of the molecule is CCCCCC[NH+]1CCC(CCCC)C1.CS(=O)(=O)[O-]. The van der Waals surface area contributed by atoms with Gasteiger partial charge in [-0.1, -0.05) is 39.5 Å². The van der Waals surface area contributed by atoms with Crippen molar-refractivity contribution in [1.82, 2.24) is 0 Å². The molecule has 0 aromatic heterocycles. The van der Waals surface area contributed by atoms with Crippen LogP contribution in [0.4, 0.5) is 0 Å². The van der Waals surface area contributed by atoms with Gasteiger partial charge >= 0.3 is 0 Å². The Balaban J connectivity index is 0.000000621. The van der Waals surface area contributed by atoms with Crippen molar-refractivity contribution >= 4 is 10.1 Å². The number of quaternary nitrogens is 1. The van der Waals surface area contributed by atoms with E-state index in [1.165, 1.54) is 71.0 Å². The van der Waals surface area contributed by atoms with Gasteiger partial charge in [-0.25, -0.2) is 8.42 Å². The number of hydrogen-bond donors (Lipinski definition) is 1. The molecule has 1 aliphatic heterocycles. The Morgan fingerprint density at radius 3 is 2.25 bits per heavy atom. The molecule has 1 N–H and O–H groups in total. The topological polar surface area (TPSA) is 61.6 Å². The van der Waals surface area contributed by atoms with Crippen LogP contribution in [0.2, 0.25) is 0 Å². The van der Waals surface area contributed by atoms with Crippen LogP contribution in [0.5, 0.6) is 0 Å². The second kappa shape index (κ2) is 11.5. The molecule has 1 aliphatic rings. The van der Waals surface area contributed by atoms with Crippen molar-refractivity contribution in [2.45, 2.75) is 65.2 Å². The zero-order valence-corrected chi connectivity index (χ0v) is 14.3. The molecule has 1 saturated heterocycles. The number of rotatable bonds is 8. The Morgan fingerprint density at radius 2 is 1.70 bits per heavy atom. The highest BCUT2D eigenvalue weighted by molar-refractivity contribution is 7.84. The summed E-state index contributed by atoms with van der Waals surface area (Å²) in [5.74, 6) is 1.06. The predicted molar refractivity (Wildman–Crippen MR) is 83.0 cm³/mol. The maximum Gasteiger partial charge on any atom is 0.0916 e. The summed E-state index contributed by atoms with van der Waals surface area (Å²) in [6, 6.07) is 0. The summed E-state index contributed by atoms with van der Waals surface area (Å²) in [6.07, 6.45) is 12.2. The molecular weight excluding hydrogens is 274 g/mol. The van der Waals surface area contributed by atoms with Gasteiger partial charge in [-0.05, 0) is 19.3 Å². The molecule has 0 bridgehead atoms. The van der Waals surface area contributed by atoms with E-state index >= 15 is 0 Å². The lowest BCUT2D eigenvalue weighted by atomic mass is 10.0. The molecule has 1 heterocycles. The third-order valence-corrected chi connectivity index (χ3v) is 3.83. The average Bonchev–Trinajstić information content (AvgIpc) is 2.78. The molecule has 1 rings (SSSR count). The van der Waals surface area contributed by atoms with E-state index < -0.39 is 10.1 Å². The summed E-state index contributed by atoms with van der Waals surface area (Å²) >= 11 is 0. The fourth-order valence-corrected chi connectivity index (χ4v) is 2.79. The van der Waals surface area contributed by atoms with Crippen LogP contribution < -0.4 is 4.90 Å². The highest BCUT2D eigenvalue weighted by atomic mass is 32.2. The molecule has 1 fully saturated rings. The van der Waals surface area contributed by atoms with E-state index in [1.807, 2.05) is 4.90 Å². The van der Waals surface area contributed by atoms with E-state index in [9.17, 15) is 0 Å². The Morgan fingerprint density at radius 1 is 1.10 bits per heavy atom. The normalized spacial score (nSPS) is 22.4. The summed E-state index contributed by atoms with van der Waals surface area (Å²) in [5.41, 5.74) is 0. The van der Waals surface area contributed by atoms with Gasteiger partial charge in [0.15, 0.2) is 0 Å². The summed E-state index contributed by atoms with van der Waals surface area (Å²) in [7, 11) is -3.92. The summed E-state index contributed by atoms with van der Waals surface area (Å²) in [4.78, 5) is 1.90. The monoisotopic (exact) mass is 307 g/mol. The number of nitrogens with one attached hydrogen (secondary N) is 1. The van der Waals surface area contributed by atoms with Gasteiger partial charge in [0.25, 0.3) is 0 Å². The van der Waals surface area contributed by atoms with Crippen LogP contribution in [0.3, 0.4) is 0 Å². The largest absolute Gasteiger partial charge is 0.748 e. The number of likely N-dealkylation sites (tertiary alicyclic amines) is 1. The molecule has 0 radical (unpaired) electrons. The lowest BCUT2D eigenvalue weighted by molar-refractivity contribution is -0.889. The van der Waals surface area contributed by atoms with Crippen molar-refractivity contribution in [2.75, 3.05) is 25.9 Å². The second-order valence-electron chi connectivity index (χ2n) is 6.02. The van der Waals surface area contributed by atoms with E-state index in [-0.39, 0.29) is 0 Å². The van der Waals surface area contributed by atoms with Crippen LogP contribution in [0.25, 0.3) is 0 Å². The first-order valence-electron chi connectivity index (χ1n) is 8.11. The molecule has 2 atom stereocenters. The van der Waals surface area contributed by atoms with E-state index in [1.54, 1.807) is 0 Å². The second-order valence-corrected chi connectivity index (χ2v) is 7.42. The van der Waals surface area contributed by atoms with Crippen molar-refractivity contribution in [3.63, 3.8) is 0 Å². The third kappa shape index (κ3) is 14.3. The smallest absolute Gasteiger partial charge is 0.0916 e. The highest BCUT2D eigenvalue weighted by Gasteiger charge is 2.24. The first-order valence-corrected chi connectivity index (χ1v) is 9.92. The van der Waals surface area contributed by atoms with E-state index in [2.05, 4.69) is 13.8 Å². The van der Waals surface area contributed by atoms with Gasteiger partial charge in [-0.3, -0.25) is 0 Å². The van der Waals surface area contributed by atoms with Gasteiger partial charge in [-0.2, -0.15) is 0 Å². The van der Waals surface area contributed by atoms with Gasteiger partial charge in [0.05, 0.1) is 29.8 Å². The quantitative estimate of drug-likeness (QED) is 0.549. The lowest BCUT2D eigenvalue weighted by Crippen LogP contribution is -3.10. The van der Waals surface area contributed by atoms with Crippen molar-refractivity contribution < 1.29 is 17.9 Å². The molecule has 20 heavy (non-hydrogen) atoms. The minimum absolute atomic E-state index is 0.604. The van der Waals surface area contributed by atoms with Gasteiger partial charge in [0.2, 0.25) is 0 Å². The van der Waals surface area contributed by atoms with Crippen LogP contribution in [-0.4, -0.2) is 38.9 Å². The van der Waals surface area contributed by atoms with Crippen LogP contribution in [0.15, 0.2) is 0 Å². The van der Waals surface area contributed by atoms with Crippen LogP contribution >= 0.6 is 0 Å². The van der Waals surface area contributed by atoms with Crippen molar-refractivity contribution in [3.8, 4) is 0 Å². The minimum Gasteiger partial charge on any atom is -0.748 e. The standard InChI is InChI=1S/C14H29N.CH4O3S/c1-3-5-7-8-11-15-12-10-14(13-15)9-6-4-2;1-5(2,3)4/h14H,3-13H2,1-2H3;1H3,(H,2,3,4). The molecule has 0 spiro atoms. The molecule has 0 saturated carbocycles. The third-order valence-electron chi connectivity index (χ3n) is 3.83. The maximum absolute atomic E-state index is 9.08. The predicted octanol–water partition coefficient (Wildman–Crippen LogP) is 1.82. The fourth-order valence-electron chi connectivity index (χ4n) is 2.79. The highest BCUT2D eigenvalue weighted by Crippen LogP contribution is 2.13. The van der Waals surface area contributed by atoms with E-state index in [0.717, 1.165) is 5.92 Å². The zero-order chi connectivity index (χ0) is 15.4. The average molecular weight is 308 g/mol. The first-order chi connectivity index (χ1) is 9.36. The molecule has 122 valence electrons. The molecule has 0 aromatic rings. The zero-order valence-electron chi connectivity index (χ0n) is 13.5. The van der Waals surface area contributed by atoms with Crippen molar-refractivity contribution in [1.29, 1.82) is 0 Å². The lowest BCUT2D eigenvalue weighted by Gasteiger charge is -2.13. The molecule has 0 amide bonds.